The first kappa shape index (κ1) is 22.3. The Labute approximate surface area is 195 Å². The Morgan fingerprint density at radius 1 is 0.576 bits per heavy atom. The summed E-state index contributed by atoms with van der Waals surface area (Å²) in [6.45, 7) is 5.25. The van der Waals surface area contributed by atoms with E-state index in [0.29, 0.717) is 24.6 Å². The highest BCUT2D eigenvalue weighted by atomic mass is 16.5. The normalized spacial score (nSPS) is 11.2. The minimum absolute atomic E-state index is 0.417. The zero-order chi connectivity index (χ0) is 23.3. The summed E-state index contributed by atoms with van der Waals surface area (Å²) in [5.74, 6) is 1.52. The van der Waals surface area contributed by atoms with Gasteiger partial charge in [0, 0.05) is 40.0 Å². The van der Waals surface area contributed by atoms with Gasteiger partial charge in [-0.15, -0.1) is 0 Å². The van der Waals surface area contributed by atoms with Crippen molar-refractivity contribution in [2.45, 2.75) is 32.5 Å². The van der Waals surface area contributed by atoms with E-state index in [1.54, 1.807) is 0 Å². The molecular formula is C29H30N2O2. The second-order valence-electron chi connectivity index (χ2n) is 8.68. The summed E-state index contributed by atoms with van der Waals surface area (Å²) in [5.41, 5.74) is 17.4. The van der Waals surface area contributed by atoms with E-state index in [1.165, 1.54) is 0 Å². The van der Waals surface area contributed by atoms with Gasteiger partial charge >= 0.3 is 0 Å². The molecule has 0 aliphatic rings. The average molecular weight is 439 g/mol. The van der Waals surface area contributed by atoms with Crippen LogP contribution in [0.2, 0.25) is 0 Å². The van der Waals surface area contributed by atoms with Gasteiger partial charge < -0.3 is 20.9 Å². The maximum Gasteiger partial charge on any atom is 0.125 e. The monoisotopic (exact) mass is 438 g/mol. The molecule has 0 saturated carbocycles. The van der Waals surface area contributed by atoms with Crippen LogP contribution in [0, 0.1) is 0 Å². The number of rotatable bonds is 8. The van der Waals surface area contributed by atoms with Gasteiger partial charge in [-0.2, -0.15) is 0 Å². The molecule has 0 fully saturated rings. The van der Waals surface area contributed by atoms with Crippen molar-refractivity contribution in [2.24, 2.45) is 0 Å². The van der Waals surface area contributed by atoms with Gasteiger partial charge in [-0.25, -0.2) is 0 Å². The molecule has 4 nitrogen and oxygen atoms in total. The van der Waals surface area contributed by atoms with Gasteiger partial charge in [0.25, 0.3) is 0 Å². The molecule has 4 aromatic rings. The standard InChI is InChI=1S/C29H30N2O2/c1-29(2,25-15-13-23(30)17-27(25)32-19-21-9-5-3-6-10-21)26-16-14-24(31)18-28(26)33-20-22-11-7-4-8-12-22/h3-18H,19-20,30-31H2,1-2H3. The minimum atomic E-state index is -0.417. The molecule has 0 aliphatic heterocycles. The van der Waals surface area contributed by atoms with Crippen LogP contribution in [-0.2, 0) is 18.6 Å². The topological polar surface area (TPSA) is 70.5 Å². The summed E-state index contributed by atoms with van der Waals surface area (Å²) < 4.78 is 12.5. The third kappa shape index (κ3) is 5.29. The molecule has 0 bridgehead atoms. The molecule has 4 N–H and O–H groups in total. The average Bonchev–Trinajstić information content (AvgIpc) is 2.82. The summed E-state index contributed by atoms with van der Waals surface area (Å²) >= 11 is 0. The molecule has 0 atom stereocenters. The first-order valence-corrected chi connectivity index (χ1v) is 11.1. The predicted molar refractivity (Wildman–Crippen MR) is 135 cm³/mol. The Bertz CT molecular complexity index is 1110. The fourth-order valence-electron chi connectivity index (χ4n) is 3.97. The van der Waals surface area contributed by atoms with Gasteiger partial charge in [0.05, 0.1) is 0 Å². The third-order valence-electron chi connectivity index (χ3n) is 5.83. The molecule has 0 unspecified atom stereocenters. The molecule has 0 heterocycles. The Morgan fingerprint density at radius 2 is 0.970 bits per heavy atom. The van der Waals surface area contributed by atoms with Gasteiger partial charge in [0.15, 0.2) is 0 Å². The van der Waals surface area contributed by atoms with Crippen molar-refractivity contribution in [3.05, 3.63) is 119 Å². The van der Waals surface area contributed by atoms with Crippen LogP contribution in [0.15, 0.2) is 97.1 Å². The Morgan fingerprint density at radius 3 is 1.36 bits per heavy atom. The van der Waals surface area contributed by atoms with E-state index in [1.807, 2.05) is 97.1 Å². The fraction of sp³-hybridized carbons (Fsp3) is 0.172. The largest absolute Gasteiger partial charge is 0.489 e. The van der Waals surface area contributed by atoms with Crippen LogP contribution in [0.5, 0.6) is 11.5 Å². The quantitative estimate of drug-likeness (QED) is 0.315. The SMILES string of the molecule is CC(C)(c1ccc(N)cc1OCc1ccccc1)c1ccc(N)cc1OCc1ccccc1. The maximum absolute atomic E-state index is 6.26. The summed E-state index contributed by atoms with van der Waals surface area (Å²) in [6.07, 6.45) is 0. The zero-order valence-electron chi connectivity index (χ0n) is 19.1. The van der Waals surface area contributed by atoms with Gasteiger partial charge in [-0.3, -0.25) is 0 Å². The van der Waals surface area contributed by atoms with Crippen molar-refractivity contribution in [3.63, 3.8) is 0 Å². The Kier molecular flexibility index (Phi) is 6.55. The van der Waals surface area contributed by atoms with Crippen molar-refractivity contribution >= 4 is 11.4 Å². The van der Waals surface area contributed by atoms with Crippen LogP contribution in [0.4, 0.5) is 11.4 Å². The first-order chi connectivity index (χ1) is 15.9. The third-order valence-corrected chi connectivity index (χ3v) is 5.83. The van der Waals surface area contributed by atoms with Gasteiger partial charge in [-0.05, 0) is 23.3 Å². The second-order valence-corrected chi connectivity index (χ2v) is 8.68. The molecule has 4 aromatic carbocycles. The van der Waals surface area contributed by atoms with E-state index in [0.717, 1.165) is 33.8 Å². The number of benzene rings is 4. The lowest BCUT2D eigenvalue weighted by atomic mass is 9.77. The van der Waals surface area contributed by atoms with E-state index in [-0.39, 0.29) is 0 Å². The Hall–Kier alpha value is -3.92. The van der Waals surface area contributed by atoms with Gasteiger partial charge in [0.1, 0.15) is 24.7 Å². The highest BCUT2D eigenvalue weighted by Gasteiger charge is 2.30. The van der Waals surface area contributed by atoms with Crippen molar-refractivity contribution in [2.75, 3.05) is 11.5 Å². The summed E-state index contributed by atoms with van der Waals surface area (Å²) in [7, 11) is 0. The molecular weight excluding hydrogens is 408 g/mol. The molecule has 0 aromatic heterocycles. The number of anilines is 2. The summed E-state index contributed by atoms with van der Waals surface area (Å²) in [4.78, 5) is 0. The van der Waals surface area contributed by atoms with Crippen molar-refractivity contribution in [1.29, 1.82) is 0 Å². The Balaban J connectivity index is 1.66. The van der Waals surface area contributed by atoms with Crippen LogP contribution in [-0.4, -0.2) is 0 Å². The molecule has 33 heavy (non-hydrogen) atoms. The minimum Gasteiger partial charge on any atom is -0.489 e. The molecule has 0 amide bonds. The second kappa shape index (κ2) is 9.70. The van der Waals surface area contributed by atoms with Crippen molar-refractivity contribution < 1.29 is 9.47 Å². The molecule has 168 valence electrons. The lowest BCUT2D eigenvalue weighted by Crippen LogP contribution is -2.22. The van der Waals surface area contributed by atoms with Crippen LogP contribution < -0.4 is 20.9 Å². The molecule has 4 rings (SSSR count). The lowest BCUT2D eigenvalue weighted by molar-refractivity contribution is 0.291. The van der Waals surface area contributed by atoms with Crippen LogP contribution in [0.25, 0.3) is 0 Å². The smallest absolute Gasteiger partial charge is 0.125 e. The first-order valence-electron chi connectivity index (χ1n) is 11.1. The van der Waals surface area contributed by atoms with E-state index >= 15 is 0 Å². The van der Waals surface area contributed by atoms with Crippen LogP contribution in [0.3, 0.4) is 0 Å². The van der Waals surface area contributed by atoms with E-state index < -0.39 is 5.41 Å². The number of nitrogens with two attached hydrogens (primary N) is 2. The molecule has 0 spiro atoms. The van der Waals surface area contributed by atoms with E-state index in [9.17, 15) is 0 Å². The molecule has 0 aliphatic carbocycles. The molecule has 4 heteroatoms. The van der Waals surface area contributed by atoms with E-state index in [4.69, 9.17) is 20.9 Å². The van der Waals surface area contributed by atoms with E-state index in [2.05, 4.69) is 13.8 Å². The van der Waals surface area contributed by atoms with Crippen LogP contribution in [0.1, 0.15) is 36.1 Å². The number of hydrogen-bond acceptors (Lipinski definition) is 4. The van der Waals surface area contributed by atoms with Crippen LogP contribution >= 0.6 is 0 Å². The van der Waals surface area contributed by atoms with Crippen molar-refractivity contribution in [3.8, 4) is 11.5 Å². The highest BCUT2D eigenvalue weighted by Crippen LogP contribution is 2.43. The van der Waals surface area contributed by atoms with Crippen molar-refractivity contribution in [1.82, 2.24) is 0 Å². The number of ether oxygens (including phenoxy) is 2. The molecule has 0 saturated heterocycles. The predicted octanol–water partition coefficient (Wildman–Crippen LogP) is 6.33. The molecule has 0 radical (unpaired) electrons. The summed E-state index contributed by atoms with van der Waals surface area (Å²) in [5, 5.41) is 0. The number of nitrogen functional groups attached to an aromatic ring is 2. The zero-order valence-corrected chi connectivity index (χ0v) is 19.1. The maximum atomic E-state index is 6.26. The lowest BCUT2D eigenvalue weighted by Gasteiger charge is -2.30. The van der Waals surface area contributed by atoms with Gasteiger partial charge in [0.2, 0.25) is 0 Å². The summed E-state index contributed by atoms with van der Waals surface area (Å²) in [6, 6.07) is 31.9. The van der Waals surface area contributed by atoms with Gasteiger partial charge in [-0.1, -0.05) is 86.6 Å². The number of hydrogen-bond donors (Lipinski definition) is 2. The fourth-order valence-corrected chi connectivity index (χ4v) is 3.97. The highest BCUT2D eigenvalue weighted by molar-refractivity contribution is 5.58.